The third kappa shape index (κ3) is 4.50. The number of carbonyl (C=O) groups is 1. The number of rotatable bonds is 5. The SMILES string of the molecule is Cc1cccc(C2CC2C(=O)NCC2CCN(CC(F)(F)F)C2)c1. The Morgan fingerprint density at radius 3 is 2.88 bits per heavy atom. The molecule has 1 aromatic rings. The lowest BCUT2D eigenvalue weighted by atomic mass is 10.1. The fourth-order valence-electron chi connectivity index (χ4n) is 3.61. The molecule has 1 amide bonds. The minimum Gasteiger partial charge on any atom is -0.356 e. The number of halogens is 3. The van der Waals surface area contributed by atoms with E-state index in [0.29, 0.717) is 26.1 Å². The van der Waals surface area contributed by atoms with Gasteiger partial charge in [-0.3, -0.25) is 9.69 Å². The fourth-order valence-corrected chi connectivity index (χ4v) is 3.61. The lowest BCUT2D eigenvalue weighted by Crippen LogP contribution is -2.35. The van der Waals surface area contributed by atoms with E-state index in [0.717, 1.165) is 6.42 Å². The van der Waals surface area contributed by atoms with E-state index in [4.69, 9.17) is 0 Å². The molecule has 3 nitrogen and oxygen atoms in total. The highest BCUT2D eigenvalue weighted by atomic mass is 19.4. The third-order valence-corrected chi connectivity index (χ3v) is 4.94. The second-order valence-corrected chi connectivity index (χ2v) is 7.11. The van der Waals surface area contributed by atoms with Gasteiger partial charge in [0.2, 0.25) is 5.91 Å². The van der Waals surface area contributed by atoms with E-state index >= 15 is 0 Å². The Hall–Kier alpha value is -1.56. The third-order valence-electron chi connectivity index (χ3n) is 4.94. The molecule has 0 spiro atoms. The van der Waals surface area contributed by atoms with E-state index in [-0.39, 0.29) is 23.7 Å². The van der Waals surface area contributed by atoms with Gasteiger partial charge in [0.1, 0.15) is 0 Å². The van der Waals surface area contributed by atoms with Crippen molar-refractivity contribution >= 4 is 5.91 Å². The maximum absolute atomic E-state index is 12.4. The first-order chi connectivity index (χ1) is 11.3. The van der Waals surface area contributed by atoms with Gasteiger partial charge in [-0.2, -0.15) is 13.2 Å². The highest BCUT2D eigenvalue weighted by Gasteiger charge is 2.44. The van der Waals surface area contributed by atoms with Crippen LogP contribution in [-0.4, -0.2) is 43.2 Å². The molecule has 0 aromatic heterocycles. The molecule has 1 aromatic carbocycles. The number of nitrogens with zero attached hydrogens (tertiary/aromatic N) is 1. The molecule has 1 saturated heterocycles. The highest BCUT2D eigenvalue weighted by Crippen LogP contribution is 2.47. The maximum atomic E-state index is 12.4. The summed E-state index contributed by atoms with van der Waals surface area (Å²) in [6.07, 6.45) is -2.57. The molecule has 0 bridgehead atoms. The number of aryl methyl sites for hydroxylation is 1. The molecule has 2 fully saturated rings. The first kappa shape index (κ1) is 17.3. The van der Waals surface area contributed by atoms with Gasteiger partial charge in [-0.15, -0.1) is 0 Å². The summed E-state index contributed by atoms with van der Waals surface area (Å²) >= 11 is 0. The summed E-state index contributed by atoms with van der Waals surface area (Å²) < 4.78 is 37.2. The van der Waals surface area contributed by atoms with Crippen LogP contribution >= 0.6 is 0 Å². The Morgan fingerprint density at radius 1 is 1.38 bits per heavy atom. The zero-order valence-electron chi connectivity index (χ0n) is 13.8. The van der Waals surface area contributed by atoms with Gasteiger partial charge < -0.3 is 5.32 Å². The van der Waals surface area contributed by atoms with Crippen LogP contribution in [0, 0.1) is 18.8 Å². The second kappa shape index (κ2) is 6.75. The lowest BCUT2D eigenvalue weighted by Gasteiger charge is -2.18. The van der Waals surface area contributed by atoms with Gasteiger partial charge in [-0.1, -0.05) is 29.8 Å². The van der Waals surface area contributed by atoms with Crippen molar-refractivity contribution < 1.29 is 18.0 Å². The average molecular weight is 340 g/mol. The molecule has 24 heavy (non-hydrogen) atoms. The predicted molar refractivity (Wildman–Crippen MR) is 85.6 cm³/mol. The van der Waals surface area contributed by atoms with Crippen LogP contribution in [0.3, 0.4) is 0 Å². The van der Waals surface area contributed by atoms with Crippen LogP contribution in [0.2, 0.25) is 0 Å². The normalized spacial score (nSPS) is 27.2. The van der Waals surface area contributed by atoms with Gasteiger partial charge in [-0.25, -0.2) is 0 Å². The van der Waals surface area contributed by atoms with Gasteiger partial charge >= 0.3 is 6.18 Å². The number of nitrogens with one attached hydrogen (secondary N) is 1. The average Bonchev–Trinajstić information content (AvgIpc) is 3.18. The van der Waals surface area contributed by atoms with Crippen molar-refractivity contribution in [2.24, 2.45) is 11.8 Å². The molecule has 0 radical (unpaired) electrons. The molecular weight excluding hydrogens is 317 g/mol. The van der Waals surface area contributed by atoms with Crippen molar-refractivity contribution in [3.05, 3.63) is 35.4 Å². The first-order valence-corrected chi connectivity index (χ1v) is 8.45. The molecule has 6 heteroatoms. The summed E-state index contributed by atoms with van der Waals surface area (Å²) in [6.45, 7) is 2.52. The van der Waals surface area contributed by atoms with E-state index < -0.39 is 12.7 Å². The van der Waals surface area contributed by atoms with Crippen molar-refractivity contribution in [1.82, 2.24) is 10.2 Å². The van der Waals surface area contributed by atoms with Crippen molar-refractivity contribution in [2.75, 3.05) is 26.2 Å². The number of alkyl halides is 3. The minimum absolute atomic E-state index is 0.0134. The molecule has 2 aliphatic rings. The van der Waals surface area contributed by atoms with E-state index in [1.54, 1.807) is 0 Å². The molecule has 1 aliphatic heterocycles. The van der Waals surface area contributed by atoms with Crippen LogP contribution in [0.15, 0.2) is 24.3 Å². The minimum atomic E-state index is -4.15. The van der Waals surface area contributed by atoms with E-state index in [2.05, 4.69) is 17.4 Å². The maximum Gasteiger partial charge on any atom is 0.401 e. The van der Waals surface area contributed by atoms with Crippen molar-refractivity contribution in [1.29, 1.82) is 0 Å². The van der Waals surface area contributed by atoms with Gasteiger partial charge in [0.05, 0.1) is 6.54 Å². The van der Waals surface area contributed by atoms with Crippen LogP contribution in [0.1, 0.15) is 29.9 Å². The standard InChI is InChI=1S/C18H23F3N2O/c1-12-3-2-4-14(7-12)15-8-16(15)17(24)22-9-13-5-6-23(10-13)11-18(19,20)21/h2-4,7,13,15-16H,5-6,8-11H2,1H3,(H,22,24). The second-order valence-electron chi connectivity index (χ2n) is 7.11. The van der Waals surface area contributed by atoms with Gasteiger partial charge in [0, 0.05) is 19.0 Å². The summed E-state index contributed by atoms with van der Waals surface area (Å²) in [5.41, 5.74) is 2.39. The van der Waals surface area contributed by atoms with Crippen LogP contribution in [-0.2, 0) is 4.79 Å². The molecule has 3 unspecified atom stereocenters. The van der Waals surface area contributed by atoms with Gasteiger partial charge in [0.25, 0.3) is 0 Å². The molecule has 1 heterocycles. The van der Waals surface area contributed by atoms with Gasteiger partial charge in [0.15, 0.2) is 0 Å². The molecular formula is C18H23F3N2O. The van der Waals surface area contributed by atoms with E-state index in [1.165, 1.54) is 16.0 Å². The van der Waals surface area contributed by atoms with Crippen molar-refractivity contribution in [3.8, 4) is 0 Å². The quantitative estimate of drug-likeness (QED) is 0.893. The van der Waals surface area contributed by atoms with E-state index in [1.807, 2.05) is 19.1 Å². The number of hydrogen-bond acceptors (Lipinski definition) is 2. The Balaban J connectivity index is 1.41. The Kier molecular flexibility index (Phi) is 4.85. The summed E-state index contributed by atoms with van der Waals surface area (Å²) in [7, 11) is 0. The number of hydrogen-bond donors (Lipinski definition) is 1. The number of likely N-dealkylation sites (tertiary alicyclic amines) is 1. The zero-order chi connectivity index (χ0) is 17.3. The van der Waals surface area contributed by atoms with Crippen LogP contribution < -0.4 is 5.32 Å². The predicted octanol–water partition coefficient (Wildman–Crippen LogP) is 3.10. The molecule has 1 saturated carbocycles. The van der Waals surface area contributed by atoms with Gasteiger partial charge in [-0.05, 0) is 43.7 Å². The Bertz CT molecular complexity index is 602. The molecule has 1 N–H and O–H groups in total. The molecule has 132 valence electrons. The zero-order valence-corrected chi connectivity index (χ0v) is 13.8. The summed E-state index contributed by atoms with van der Waals surface area (Å²) in [5, 5.41) is 2.94. The number of benzene rings is 1. The monoisotopic (exact) mass is 340 g/mol. The number of amides is 1. The highest BCUT2D eigenvalue weighted by molar-refractivity contribution is 5.82. The van der Waals surface area contributed by atoms with Crippen LogP contribution in [0.25, 0.3) is 0 Å². The van der Waals surface area contributed by atoms with E-state index in [9.17, 15) is 18.0 Å². The summed E-state index contributed by atoms with van der Waals surface area (Å²) in [6, 6.07) is 8.21. The van der Waals surface area contributed by atoms with Crippen LogP contribution in [0.5, 0.6) is 0 Å². The van der Waals surface area contributed by atoms with Crippen molar-refractivity contribution in [2.45, 2.75) is 31.9 Å². The van der Waals surface area contributed by atoms with Crippen LogP contribution in [0.4, 0.5) is 13.2 Å². The topological polar surface area (TPSA) is 32.3 Å². The summed E-state index contributed by atoms with van der Waals surface area (Å²) in [5.74, 6) is 0.456. The van der Waals surface area contributed by atoms with Crippen molar-refractivity contribution in [3.63, 3.8) is 0 Å². The largest absolute Gasteiger partial charge is 0.401 e. The Morgan fingerprint density at radius 2 is 2.17 bits per heavy atom. The molecule has 3 rings (SSSR count). The molecule has 1 aliphatic carbocycles. The Labute approximate surface area is 140 Å². The fraction of sp³-hybridized carbons (Fsp3) is 0.611. The number of carbonyl (C=O) groups excluding carboxylic acids is 1. The molecule has 3 atom stereocenters. The summed E-state index contributed by atoms with van der Waals surface area (Å²) in [4.78, 5) is 13.7. The first-order valence-electron chi connectivity index (χ1n) is 8.45. The smallest absolute Gasteiger partial charge is 0.356 e. The lowest BCUT2D eigenvalue weighted by molar-refractivity contribution is -0.143.